The second-order valence-electron chi connectivity index (χ2n) is 12.8. The number of hydrogen-bond donors (Lipinski definition) is 3. The lowest BCUT2D eigenvalue weighted by Crippen LogP contribution is -2.57. The van der Waals surface area contributed by atoms with Gasteiger partial charge in [-0.05, 0) is 97.9 Å². The fourth-order valence-corrected chi connectivity index (χ4v) is 9.43. The van der Waals surface area contributed by atoms with Gasteiger partial charge >= 0.3 is 6.03 Å². The number of anilines is 1. The molecule has 2 heterocycles. The largest absolute Gasteiger partial charge is 0.392 e. The Morgan fingerprint density at radius 3 is 2.59 bits per heavy atom. The number of halogens is 1. The highest BCUT2D eigenvalue weighted by Crippen LogP contribution is 2.64. The molecule has 3 N–H and O–H groups in total. The normalized spacial score (nSPS) is 30.1. The maximum absolute atomic E-state index is 15.0. The molecule has 1 aromatic heterocycles. The Hall–Kier alpha value is -3.24. The average molecular weight is 579 g/mol. The molecular weight excluding hydrogens is 543 g/mol. The molecule has 4 fully saturated rings. The van der Waals surface area contributed by atoms with Gasteiger partial charge in [0.15, 0.2) is 9.84 Å². The van der Waals surface area contributed by atoms with Crippen molar-refractivity contribution in [3.05, 3.63) is 66.4 Å². The molecule has 0 saturated heterocycles. The molecule has 41 heavy (non-hydrogen) atoms. The average Bonchev–Trinajstić information content (AvgIpc) is 3.51. The van der Waals surface area contributed by atoms with Crippen LogP contribution >= 0.6 is 0 Å². The SMILES string of the molecule is CS(=O)(=O)c1ccc(NC(=O)NCC2C3CC4CC2CC(C(O)CC2c5c(F)cccc5-c5cncn52)(C4)C3)cc1. The number of fused-ring (bicyclic) bond motifs is 3. The van der Waals surface area contributed by atoms with Crippen molar-refractivity contribution in [2.75, 3.05) is 18.1 Å². The molecule has 2 amide bonds. The van der Waals surface area contributed by atoms with Crippen LogP contribution in [0.2, 0.25) is 0 Å². The van der Waals surface area contributed by atoms with Crippen LogP contribution in [0.25, 0.3) is 11.3 Å². The number of aromatic nitrogens is 2. The van der Waals surface area contributed by atoms with Gasteiger partial charge in [-0.1, -0.05) is 12.1 Å². The molecule has 5 aliphatic rings. The van der Waals surface area contributed by atoms with E-state index in [1.54, 1.807) is 30.7 Å². The number of aliphatic hydroxyl groups is 1. The first kappa shape index (κ1) is 26.6. The van der Waals surface area contributed by atoms with Gasteiger partial charge in [-0.25, -0.2) is 22.6 Å². The lowest BCUT2D eigenvalue weighted by Gasteiger charge is -2.61. The first-order valence-electron chi connectivity index (χ1n) is 14.4. The van der Waals surface area contributed by atoms with E-state index >= 15 is 4.39 Å². The molecule has 2 aromatic carbocycles. The van der Waals surface area contributed by atoms with Crippen LogP contribution < -0.4 is 10.6 Å². The number of aliphatic hydroxyl groups excluding tert-OH is 1. The summed E-state index contributed by atoms with van der Waals surface area (Å²) in [7, 11) is -3.29. The quantitative estimate of drug-likeness (QED) is 0.365. The van der Waals surface area contributed by atoms with Gasteiger partial charge in [0, 0.05) is 29.6 Å². The Balaban J connectivity index is 1.01. The number of nitrogens with zero attached hydrogens (tertiary/aromatic N) is 2. The summed E-state index contributed by atoms with van der Waals surface area (Å²) < 4.78 is 40.4. The van der Waals surface area contributed by atoms with E-state index in [1.807, 2.05) is 10.6 Å². The van der Waals surface area contributed by atoms with Crippen LogP contribution in [0.15, 0.2) is 59.9 Å². The molecule has 8 rings (SSSR count). The predicted octanol–water partition coefficient (Wildman–Crippen LogP) is 5.01. The number of imidazole rings is 1. The number of benzene rings is 2. The Morgan fingerprint density at radius 2 is 1.88 bits per heavy atom. The summed E-state index contributed by atoms with van der Waals surface area (Å²) in [6.07, 6.45) is 9.70. The van der Waals surface area contributed by atoms with Crippen LogP contribution in [0.4, 0.5) is 14.9 Å². The maximum atomic E-state index is 15.0. The summed E-state index contributed by atoms with van der Waals surface area (Å²) in [5.41, 5.74) is 2.78. The smallest absolute Gasteiger partial charge is 0.319 e. The third-order valence-corrected chi connectivity index (χ3v) is 11.5. The zero-order valence-corrected chi connectivity index (χ0v) is 23.8. The summed E-state index contributed by atoms with van der Waals surface area (Å²) in [6, 6.07) is 10.7. The number of rotatable bonds is 7. The molecule has 3 aromatic rings. The van der Waals surface area contributed by atoms with Crippen molar-refractivity contribution >= 4 is 21.6 Å². The molecule has 10 heteroatoms. The number of urea groups is 1. The number of carbonyl (C=O) groups is 1. The van der Waals surface area contributed by atoms with Gasteiger partial charge in [0.25, 0.3) is 0 Å². The Bertz CT molecular complexity index is 1590. The van der Waals surface area contributed by atoms with Crippen molar-refractivity contribution in [1.82, 2.24) is 14.9 Å². The summed E-state index contributed by atoms with van der Waals surface area (Å²) in [6.45, 7) is 0.571. The number of carbonyl (C=O) groups excluding carboxylic acids is 1. The van der Waals surface area contributed by atoms with E-state index < -0.39 is 15.9 Å². The zero-order chi connectivity index (χ0) is 28.5. The van der Waals surface area contributed by atoms with E-state index in [2.05, 4.69) is 15.6 Å². The third-order valence-electron chi connectivity index (χ3n) is 10.4. The predicted molar refractivity (Wildman–Crippen MR) is 152 cm³/mol. The van der Waals surface area contributed by atoms with Crippen molar-refractivity contribution in [3.8, 4) is 11.3 Å². The summed E-state index contributed by atoms with van der Waals surface area (Å²) in [5.74, 6) is 1.57. The summed E-state index contributed by atoms with van der Waals surface area (Å²) in [4.78, 5) is 17.2. The van der Waals surface area contributed by atoms with E-state index in [0.29, 0.717) is 47.9 Å². The number of hydrogen-bond acceptors (Lipinski definition) is 5. The summed E-state index contributed by atoms with van der Waals surface area (Å²) >= 11 is 0. The third kappa shape index (κ3) is 4.55. The molecule has 0 radical (unpaired) electrons. The van der Waals surface area contributed by atoms with Gasteiger partial charge in [0.1, 0.15) is 5.82 Å². The van der Waals surface area contributed by atoms with Crippen molar-refractivity contribution in [2.24, 2.45) is 29.1 Å². The second-order valence-corrected chi connectivity index (χ2v) is 14.8. The van der Waals surface area contributed by atoms with Crippen molar-refractivity contribution < 1.29 is 22.7 Å². The molecule has 4 aliphatic carbocycles. The van der Waals surface area contributed by atoms with Crippen LogP contribution in [0.1, 0.15) is 50.1 Å². The molecule has 4 bridgehead atoms. The van der Waals surface area contributed by atoms with Crippen LogP contribution in [0.5, 0.6) is 0 Å². The van der Waals surface area contributed by atoms with Crippen LogP contribution in [-0.4, -0.2) is 48.0 Å². The Morgan fingerprint density at radius 1 is 1.15 bits per heavy atom. The molecule has 1 aliphatic heterocycles. The number of amides is 2. The lowest BCUT2D eigenvalue weighted by molar-refractivity contribution is -0.149. The molecule has 4 unspecified atom stereocenters. The summed E-state index contributed by atoms with van der Waals surface area (Å²) in [5, 5.41) is 17.7. The number of nitrogens with one attached hydrogen (secondary N) is 2. The maximum Gasteiger partial charge on any atom is 0.319 e. The van der Waals surface area contributed by atoms with Crippen LogP contribution in [-0.2, 0) is 9.84 Å². The van der Waals surface area contributed by atoms with Gasteiger partial charge in [-0.15, -0.1) is 0 Å². The molecular formula is C31H35FN4O4S. The highest BCUT2D eigenvalue weighted by molar-refractivity contribution is 7.90. The molecule has 8 nitrogen and oxygen atoms in total. The van der Waals surface area contributed by atoms with Crippen molar-refractivity contribution in [3.63, 3.8) is 0 Å². The van der Waals surface area contributed by atoms with E-state index in [-0.39, 0.29) is 28.2 Å². The monoisotopic (exact) mass is 578 g/mol. The van der Waals surface area contributed by atoms with Gasteiger partial charge < -0.3 is 20.3 Å². The molecule has 0 spiro atoms. The fraction of sp³-hybridized carbons (Fsp3) is 0.484. The first-order chi connectivity index (χ1) is 19.6. The van der Waals surface area contributed by atoms with Gasteiger partial charge in [-0.2, -0.15) is 0 Å². The Labute approximate surface area is 239 Å². The van der Waals surface area contributed by atoms with Gasteiger partial charge in [-0.3, -0.25) is 0 Å². The second kappa shape index (κ2) is 9.66. The van der Waals surface area contributed by atoms with Gasteiger partial charge in [0.05, 0.1) is 35.3 Å². The van der Waals surface area contributed by atoms with Crippen molar-refractivity contribution in [1.29, 1.82) is 0 Å². The van der Waals surface area contributed by atoms with E-state index in [9.17, 15) is 18.3 Å². The topological polar surface area (TPSA) is 113 Å². The highest BCUT2D eigenvalue weighted by atomic mass is 32.2. The van der Waals surface area contributed by atoms with Crippen LogP contribution in [0.3, 0.4) is 0 Å². The van der Waals surface area contributed by atoms with E-state index in [4.69, 9.17) is 0 Å². The minimum Gasteiger partial charge on any atom is -0.392 e. The van der Waals surface area contributed by atoms with E-state index in [0.717, 1.165) is 49.6 Å². The minimum atomic E-state index is -3.29. The first-order valence-corrected chi connectivity index (χ1v) is 16.3. The molecule has 4 saturated carbocycles. The van der Waals surface area contributed by atoms with E-state index in [1.165, 1.54) is 18.2 Å². The fourth-order valence-electron chi connectivity index (χ4n) is 8.80. The van der Waals surface area contributed by atoms with Crippen LogP contribution in [0, 0.1) is 34.9 Å². The number of sulfone groups is 1. The lowest BCUT2D eigenvalue weighted by atomic mass is 9.44. The highest BCUT2D eigenvalue weighted by Gasteiger charge is 2.58. The molecule has 4 atom stereocenters. The minimum absolute atomic E-state index is 0.175. The molecule has 216 valence electrons. The van der Waals surface area contributed by atoms with Crippen molar-refractivity contribution in [2.45, 2.75) is 55.6 Å². The Kier molecular flexibility index (Phi) is 6.28. The van der Waals surface area contributed by atoms with Gasteiger partial charge in [0.2, 0.25) is 0 Å². The standard InChI is InChI=1S/C31H35FN4O4S/c1-41(39,40)22-7-5-21(6-8-22)35-30(38)34-15-24-19-9-18-10-20(24)14-31(12-18,13-19)28(37)11-26-29-23(3-2-4-25(29)32)27-16-33-17-36(26)27/h2-8,16-20,24,26,28,37H,9-15H2,1H3,(H2,34,35,38). The zero-order valence-electron chi connectivity index (χ0n) is 23.0.